The number of hydrogen-bond donors (Lipinski definition) is 3. The summed E-state index contributed by atoms with van der Waals surface area (Å²) < 4.78 is 9.55. The number of aromatic nitrogens is 1. The zero-order chi connectivity index (χ0) is 17.3. The molecule has 2 heterocycles. The Kier molecular flexibility index (Phi) is 4.39. The number of benzene rings is 1. The van der Waals surface area contributed by atoms with Gasteiger partial charge in [0.1, 0.15) is 10.8 Å². The summed E-state index contributed by atoms with van der Waals surface area (Å²) in [5, 5.41) is 9.46. The number of rotatable bonds is 4. The normalized spacial score (nSPS) is 14.2. The lowest BCUT2D eigenvalue weighted by atomic mass is 10.1. The number of hydrogen-bond acceptors (Lipinski definition) is 6. The van der Waals surface area contributed by atoms with Gasteiger partial charge in [0.2, 0.25) is 0 Å². The van der Waals surface area contributed by atoms with Gasteiger partial charge in [-0.2, -0.15) is 4.37 Å². The molecule has 0 radical (unpaired) electrons. The average Bonchev–Trinajstić information content (AvgIpc) is 2.94. The molecule has 7 nitrogen and oxygen atoms in total. The summed E-state index contributed by atoms with van der Waals surface area (Å²) in [5.41, 5.74) is 2.75. The predicted molar refractivity (Wildman–Crippen MR) is 92.8 cm³/mol. The van der Waals surface area contributed by atoms with Crippen molar-refractivity contribution in [2.75, 3.05) is 24.3 Å². The highest BCUT2D eigenvalue weighted by atomic mass is 32.1. The van der Waals surface area contributed by atoms with E-state index in [1.54, 1.807) is 13.1 Å². The van der Waals surface area contributed by atoms with Gasteiger partial charge in [0.05, 0.1) is 23.0 Å². The van der Waals surface area contributed by atoms with E-state index >= 15 is 0 Å². The molecule has 24 heavy (non-hydrogen) atoms. The molecule has 2 amide bonds. The van der Waals surface area contributed by atoms with Crippen LogP contribution in [0.1, 0.15) is 34.6 Å². The molecule has 0 bridgehead atoms. The Balaban J connectivity index is 1.78. The lowest BCUT2D eigenvalue weighted by molar-refractivity contribution is -0.118. The average molecular weight is 346 g/mol. The number of carbonyl (C=O) groups excluding carboxylic acids is 2. The maximum atomic E-state index is 12.6. The number of nitrogens with one attached hydrogen (secondary N) is 3. The molecule has 1 aliphatic heterocycles. The minimum atomic E-state index is -0.231. The summed E-state index contributed by atoms with van der Waals surface area (Å²) >= 11 is 1.26. The zero-order valence-corrected chi connectivity index (χ0v) is 14.4. The lowest BCUT2D eigenvalue weighted by Crippen LogP contribution is -2.28. The van der Waals surface area contributed by atoms with Crippen molar-refractivity contribution in [1.82, 2.24) is 9.69 Å². The maximum Gasteiger partial charge on any atom is 0.262 e. The summed E-state index contributed by atoms with van der Waals surface area (Å²) in [6, 6.07) is 5.25. The van der Waals surface area contributed by atoms with Crippen LogP contribution in [0.15, 0.2) is 18.2 Å². The Bertz CT molecular complexity index is 803. The molecule has 0 saturated heterocycles. The van der Waals surface area contributed by atoms with Crippen LogP contribution in [0, 0.1) is 6.92 Å². The minimum absolute atomic E-state index is 0.0237. The third kappa shape index (κ3) is 3.05. The van der Waals surface area contributed by atoms with Gasteiger partial charge >= 0.3 is 0 Å². The van der Waals surface area contributed by atoms with Gasteiger partial charge in [-0.15, -0.1) is 0 Å². The summed E-state index contributed by atoms with van der Waals surface area (Å²) in [6.45, 7) is 3.72. The first kappa shape index (κ1) is 16.3. The van der Waals surface area contributed by atoms with Crippen LogP contribution >= 0.6 is 11.5 Å². The fourth-order valence-electron chi connectivity index (χ4n) is 2.53. The van der Waals surface area contributed by atoms with Crippen LogP contribution in [-0.4, -0.2) is 29.8 Å². The van der Waals surface area contributed by atoms with Crippen LogP contribution in [0.3, 0.4) is 0 Å². The first-order chi connectivity index (χ1) is 11.5. The molecule has 1 aromatic carbocycles. The molecule has 3 N–H and O–H groups in total. The summed E-state index contributed by atoms with van der Waals surface area (Å²) in [7, 11) is 1.76. The van der Waals surface area contributed by atoms with E-state index < -0.39 is 0 Å². The number of ether oxygens (including phenoxy) is 1. The summed E-state index contributed by atoms with van der Waals surface area (Å²) in [4.78, 5) is 24.0. The Morgan fingerprint density at radius 3 is 3.00 bits per heavy atom. The van der Waals surface area contributed by atoms with Crippen molar-refractivity contribution >= 4 is 34.0 Å². The number of nitrogens with zero attached hydrogens (tertiary/aromatic N) is 1. The Hall–Kier alpha value is -2.61. The van der Waals surface area contributed by atoms with Crippen molar-refractivity contribution in [2.24, 2.45) is 0 Å². The first-order valence-corrected chi connectivity index (χ1v) is 8.28. The Morgan fingerprint density at radius 1 is 1.46 bits per heavy atom. The smallest absolute Gasteiger partial charge is 0.262 e. The van der Waals surface area contributed by atoms with Gasteiger partial charge < -0.3 is 20.7 Å². The highest BCUT2D eigenvalue weighted by molar-refractivity contribution is 7.10. The molecule has 0 spiro atoms. The van der Waals surface area contributed by atoms with E-state index in [0.717, 1.165) is 10.6 Å². The van der Waals surface area contributed by atoms with Crippen LogP contribution in [0.25, 0.3) is 0 Å². The fourth-order valence-corrected chi connectivity index (χ4v) is 3.27. The van der Waals surface area contributed by atoms with Crippen LogP contribution in [-0.2, 0) is 4.79 Å². The largest absolute Gasteiger partial charge is 0.482 e. The predicted octanol–water partition coefficient (Wildman–Crippen LogP) is 2.32. The molecule has 8 heteroatoms. The Labute approximate surface area is 143 Å². The van der Waals surface area contributed by atoms with Crippen molar-refractivity contribution < 1.29 is 14.3 Å². The van der Waals surface area contributed by atoms with E-state index in [2.05, 4.69) is 20.3 Å². The van der Waals surface area contributed by atoms with Crippen molar-refractivity contribution in [2.45, 2.75) is 19.9 Å². The van der Waals surface area contributed by atoms with E-state index in [0.29, 0.717) is 22.7 Å². The van der Waals surface area contributed by atoms with Crippen molar-refractivity contribution in [3.63, 3.8) is 0 Å². The van der Waals surface area contributed by atoms with E-state index in [1.165, 1.54) is 11.5 Å². The van der Waals surface area contributed by atoms with Gasteiger partial charge in [-0.3, -0.25) is 9.59 Å². The minimum Gasteiger partial charge on any atom is -0.482 e. The van der Waals surface area contributed by atoms with Gasteiger partial charge in [0.25, 0.3) is 11.8 Å². The number of amides is 2. The van der Waals surface area contributed by atoms with Crippen LogP contribution in [0.4, 0.5) is 10.7 Å². The van der Waals surface area contributed by atoms with Crippen molar-refractivity contribution in [3.05, 3.63) is 35.0 Å². The van der Waals surface area contributed by atoms with Gasteiger partial charge in [0.15, 0.2) is 6.61 Å². The number of anilines is 2. The molecule has 0 aliphatic carbocycles. The Morgan fingerprint density at radius 2 is 2.25 bits per heavy atom. The van der Waals surface area contributed by atoms with E-state index in [1.807, 2.05) is 26.0 Å². The lowest BCUT2D eigenvalue weighted by Gasteiger charge is -2.21. The SMILES string of the molecule is CNc1snc(C)c1C(=O)N[C@H](C)c1ccc2c(c1)NC(=O)CO2. The monoisotopic (exact) mass is 346 g/mol. The standard InChI is InChI=1S/C16H18N4O3S/c1-8(18-15(22)14-9(2)20-24-16(14)17-3)10-4-5-12-11(6-10)19-13(21)7-23-12/h4-6,8,17H,7H2,1-3H3,(H,18,22)(H,19,21)/t8-/m1/s1. The molecular formula is C16H18N4O3S. The van der Waals surface area contributed by atoms with Crippen molar-refractivity contribution in [3.8, 4) is 5.75 Å². The molecular weight excluding hydrogens is 328 g/mol. The number of carbonyl (C=O) groups is 2. The summed E-state index contributed by atoms with van der Waals surface area (Å²) in [5.74, 6) is 0.262. The molecule has 0 fully saturated rings. The highest BCUT2D eigenvalue weighted by Crippen LogP contribution is 2.31. The van der Waals surface area contributed by atoms with E-state index in [-0.39, 0.29) is 24.5 Å². The second kappa shape index (κ2) is 6.48. The van der Waals surface area contributed by atoms with Crippen LogP contribution in [0.5, 0.6) is 5.75 Å². The van der Waals surface area contributed by atoms with Crippen LogP contribution < -0.4 is 20.7 Å². The third-order valence-corrected chi connectivity index (χ3v) is 4.76. The first-order valence-electron chi connectivity index (χ1n) is 7.51. The molecule has 0 saturated carbocycles. The van der Waals surface area contributed by atoms with E-state index in [4.69, 9.17) is 4.74 Å². The second-order valence-electron chi connectivity index (χ2n) is 5.51. The third-order valence-electron chi connectivity index (χ3n) is 3.80. The molecule has 0 unspecified atom stereocenters. The summed E-state index contributed by atoms with van der Waals surface area (Å²) in [6.07, 6.45) is 0. The van der Waals surface area contributed by atoms with E-state index in [9.17, 15) is 9.59 Å². The van der Waals surface area contributed by atoms with Gasteiger partial charge in [-0.05, 0) is 43.1 Å². The fraction of sp³-hybridized carbons (Fsp3) is 0.312. The van der Waals surface area contributed by atoms with Crippen molar-refractivity contribution in [1.29, 1.82) is 0 Å². The van der Waals surface area contributed by atoms with Gasteiger partial charge in [-0.25, -0.2) is 0 Å². The quantitative estimate of drug-likeness (QED) is 0.790. The molecule has 3 rings (SSSR count). The molecule has 1 atom stereocenters. The maximum absolute atomic E-state index is 12.6. The molecule has 126 valence electrons. The second-order valence-corrected chi connectivity index (χ2v) is 6.28. The number of aryl methyl sites for hydroxylation is 1. The molecule has 2 aromatic rings. The zero-order valence-electron chi connectivity index (χ0n) is 13.6. The number of fused-ring (bicyclic) bond motifs is 1. The van der Waals surface area contributed by atoms with Gasteiger partial charge in [0, 0.05) is 7.05 Å². The van der Waals surface area contributed by atoms with Gasteiger partial charge in [-0.1, -0.05) is 6.07 Å². The van der Waals surface area contributed by atoms with Crippen LogP contribution in [0.2, 0.25) is 0 Å². The topological polar surface area (TPSA) is 92.4 Å². The molecule has 1 aliphatic rings. The molecule has 1 aromatic heterocycles. The highest BCUT2D eigenvalue weighted by Gasteiger charge is 2.21.